The lowest BCUT2D eigenvalue weighted by Gasteiger charge is -2.34. The van der Waals surface area contributed by atoms with Crippen molar-refractivity contribution in [2.24, 2.45) is 0 Å². The highest BCUT2D eigenvalue weighted by molar-refractivity contribution is 7.88. The van der Waals surface area contributed by atoms with E-state index in [9.17, 15) is 18.0 Å². The molecule has 1 fully saturated rings. The number of amides is 2. The van der Waals surface area contributed by atoms with Gasteiger partial charge in [-0.2, -0.15) is 4.31 Å². The normalized spacial score (nSPS) is 15.9. The first-order chi connectivity index (χ1) is 13.1. The second-order valence-electron chi connectivity index (χ2n) is 7.70. The number of ether oxygens (including phenoxy) is 1. The Labute approximate surface area is 166 Å². The molecule has 0 bridgehead atoms. The summed E-state index contributed by atoms with van der Waals surface area (Å²) in [4.78, 5) is 25.5. The predicted octanol–water partition coefficient (Wildman–Crippen LogP) is 1.58. The quantitative estimate of drug-likeness (QED) is 0.767. The molecule has 0 saturated carbocycles. The third kappa shape index (κ3) is 7.12. The molecule has 8 nitrogen and oxygen atoms in total. The van der Waals surface area contributed by atoms with Crippen molar-refractivity contribution in [1.29, 1.82) is 0 Å². The lowest BCUT2D eigenvalue weighted by atomic mass is 10.2. The summed E-state index contributed by atoms with van der Waals surface area (Å²) in [7, 11) is -3.41. The molecule has 0 atom stereocenters. The van der Waals surface area contributed by atoms with Crippen LogP contribution in [-0.2, 0) is 25.3 Å². The van der Waals surface area contributed by atoms with E-state index in [2.05, 4.69) is 5.32 Å². The zero-order valence-electron chi connectivity index (χ0n) is 16.7. The summed E-state index contributed by atoms with van der Waals surface area (Å²) in [6.07, 6.45) is -0.409. The van der Waals surface area contributed by atoms with Crippen LogP contribution in [0.3, 0.4) is 0 Å². The molecule has 0 radical (unpaired) electrons. The molecule has 9 heteroatoms. The van der Waals surface area contributed by atoms with Gasteiger partial charge in [0.2, 0.25) is 15.9 Å². The van der Waals surface area contributed by atoms with E-state index in [1.165, 1.54) is 4.31 Å². The molecule has 1 saturated heterocycles. The Morgan fingerprint density at radius 2 is 1.68 bits per heavy atom. The van der Waals surface area contributed by atoms with Crippen LogP contribution in [0.5, 0.6) is 0 Å². The van der Waals surface area contributed by atoms with Crippen LogP contribution in [0.15, 0.2) is 30.3 Å². The summed E-state index contributed by atoms with van der Waals surface area (Å²) in [5.74, 6) is -0.155. The Hall–Kier alpha value is -2.13. The van der Waals surface area contributed by atoms with Gasteiger partial charge >= 0.3 is 6.09 Å². The molecule has 0 unspecified atom stereocenters. The molecule has 2 rings (SSSR count). The van der Waals surface area contributed by atoms with Gasteiger partial charge in [0.15, 0.2) is 0 Å². The highest BCUT2D eigenvalue weighted by Gasteiger charge is 2.28. The van der Waals surface area contributed by atoms with Crippen molar-refractivity contribution in [1.82, 2.24) is 14.5 Å². The summed E-state index contributed by atoms with van der Waals surface area (Å²) < 4.78 is 31.7. The van der Waals surface area contributed by atoms with Gasteiger partial charge < -0.3 is 15.0 Å². The average molecular weight is 412 g/mol. The molecular formula is C19H29N3O5S. The largest absolute Gasteiger partial charge is 0.444 e. The van der Waals surface area contributed by atoms with E-state index in [1.54, 1.807) is 37.8 Å². The number of nitrogens with zero attached hydrogens (tertiary/aromatic N) is 2. The minimum absolute atomic E-state index is 0.0401. The highest BCUT2D eigenvalue weighted by Crippen LogP contribution is 2.14. The fourth-order valence-corrected chi connectivity index (χ4v) is 4.35. The monoisotopic (exact) mass is 411 g/mol. The maximum absolute atomic E-state index is 12.6. The molecule has 156 valence electrons. The Bertz CT molecular complexity index is 767. The van der Waals surface area contributed by atoms with Gasteiger partial charge in [-0.15, -0.1) is 0 Å². The van der Waals surface area contributed by atoms with Crippen LogP contribution in [0.2, 0.25) is 0 Å². The summed E-state index contributed by atoms with van der Waals surface area (Å²) in [5.41, 5.74) is 0.157. The number of sulfonamides is 1. The lowest BCUT2D eigenvalue weighted by Crippen LogP contribution is -2.51. The molecule has 28 heavy (non-hydrogen) atoms. The third-order valence-corrected chi connectivity index (χ3v) is 6.03. The number of carbonyl (C=O) groups is 2. The van der Waals surface area contributed by atoms with E-state index in [0.717, 1.165) is 5.56 Å². The van der Waals surface area contributed by atoms with Crippen LogP contribution in [0.4, 0.5) is 4.79 Å². The van der Waals surface area contributed by atoms with Gasteiger partial charge in [0, 0.05) is 39.1 Å². The van der Waals surface area contributed by atoms with E-state index < -0.39 is 21.7 Å². The fourth-order valence-electron chi connectivity index (χ4n) is 2.84. The summed E-state index contributed by atoms with van der Waals surface area (Å²) in [6, 6.07) is 9.04. The zero-order chi connectivity index (χ0) is 20.8. The van der Waals surface area contributed by atoms with Crippen molar-refractivity contribution in [2.45, 2.75) is 38.5 Å². The number of piperazine rings is 1. The molecule has 1 aliphatic heterocycles. The molecule has 1 N–H and O–H groups in total. The second-order valence-corrected chi connectivity index (χ2v) is 9.67. The molecule has 1 aliphatic rings. The van der Waals surface area contributed by atoms with Crippen molar-refractivity contribution in [2.75, 3.05) is 32.7 Å². The summed E-state index contributed by atoms with van der Waals surface area (Å²) >= 11 is 0. The number of alkyl carbamates (subject to hydrolysis) is 1. The van der Waals surface area contributed by atoms with Gasteiger partial charge in [0.05, 0.1) is 5.75 Å². The Balaban J connectivity index is 1.75. The maximum atomic E-state index is 12.6. The topological polar surface area (TPSA) is 96.0 Å². The van der Waals surface area contributed by atoms with Gasteiger partial charge in [-0.3, -0.25) is 4.79 Å². The minimum atomic E-state index is -3.41. The van der Waals surface area contributed by atoms with E-state index in [-0.39, 0.29) is 37.7 Å². The Morgan fingerprint density at radius 1 is 1.07 bits per heavy atom. The van der Waals surface area contributed by atoms with E-state index in [4.69, 9.17) is 4.74 Å². The van der Waals surface area contributed by atoms with Gasteiger partial charge in [0.25, 0.3) is 0 Å². The van der Waals surface area contributed by atoms with Crippen molar-refractivity contribution in [3.63, 3.8) is 0 Å². The van der Waals surface area contributed by atoms with Crippen LogP contribution in [-0.4, -0.2) is 67.9 Å². The molecule has 1 aromatic carbocycles. The van der Waals surface area contributed by atoms with Crippen molar-refractivity contribution in [3.05, 3.63) is 35.9 Å². The number of hydrogen-bond acceptors (Lipinski definition) is 5. The standard InChI is InChI=1S/C19H29N3O5S/c1-19(2,3)27-18(24)20-10-9-17(23)21-11-13-22(14-12-21)28(25,26)15-16-7-5-4-6-8-16/h4-8H,9-15H2,1-3H3,(H,20,24). The maximum Gasteiger partial charge on any atom is 0.407 e. The predicted molar refractivity (Wildman–Crippen MR) is 106 cm³/mol. The van der Waals surface area contributed by atoms with Crippen LogP contribution >= 0.6 is 0 Å². The first-order valence-electron chi connectivity index (χ1n) is 9.33. The molecule has 2 amide bonds. The third-order valence-electron chi connectivity index (χ3n) is 4.18. The number of nitrogens with one attached hydrogen (secondary N) is 1. The van der Waals surface area contributed by atoms with Crippen LogP contribution in [0.1, 0.15) is 32.8 Å². The average Bonchev–Trinajstić information content (AvgIpc) is 2.60. The lowest BCUT2D eigenvalue weighted by molar-refractivity contribution is -0.132. The second kappa shape index (κ2) is 9.38. The SMILES string of the molecule is CC(C)(C)OC(=O)NCCC(=O)N1CCN(S(=O)(=O)Cc2ccccc2)CC1. The van der Waals surface area contributed by atoms with Gasteiger partial charge in [-0.25, -0.2) is 13.2 Å². The first-order valence-corrected chi connectivity index (χ1v) is 10.9. The number of carbonyl (C=O) groups excluding carboxylic acids is 2. The minimum Gasteiger partial charge on any atom is -0.444 e. The molecule has 0 aromatic heterocycles. The van der Waals surface area contributed by atoms with Crippen LogP contribution in [0, 0.1) is 0 Å². The fraction of sp³-hybridized carbons (Fsp3) is 0.579. The van der Waals surface area contributed by atoms with E-state index >= 15 is 0 Å². The van der Waals surface area contributed by atoms with Gasteiger partial charge in [-0.05, 0) is 26.3 Å². The summed E-state index contributed by atoms with van der Waals surface area (Å²) in [5, 5.41) is 2.55. The van der Waals surface area contributed by atoms with Crippen molar-refractivity contribution < 1.29 is 22.7 Å². The highest BCUT2D eigenvalue weighted by atomic mass is 32.2. The van der Waals surface area contributed by atoms with Crippen molar-refractivity contribution in [3.8, 4) is 0 Å². The van der Waals surface area contributed by atoms with E-state index in [1.807, 2.05) is 18.2 Å². The number of rotatable bonds is 6. The first kappa shape index (κ1) is 22.2. The molecule has 0 spiro atoms. The van der Waals surface area contributed by atoms with Gasteiger partial charge in [-0.1, -0.05) is 30.3 Å². The molecule has 0 aliphatic carbocycles. The van der Waals surface area contributed by atoms with E-state index in [0.29, 0.717) is 13.1 Å². The van der Waals surface area contributed by atoms with Crippen molar-refractivity contribution >= 4 is 22.0 Å². The molecule has 1 heterocycles. The van der Waals surface area contributed by atoms with Gasteiger partial charge in [0.1, 0.15) is 5.60 Å². The Kier molecular flexibility index (Phi) is 7.42. The molecule has 1 aromatic rings. The number of benzene rings is 1. The van der Waals surface area contributed by atoms with Crippen LogP contribution < -0.4 is 5.32 Å². The summed E-state index contributed by atoms with van der Waals surface area (Å²) in [6.45, 7) is 6.73. The Morgan fingerprint density at radius 3 is 2.25 bits per heavy atom. The number of hydrogen-bond donors (Lipinski definition) is 1. The van der Waals surface area contributed by atoms with Crippen LogP contribution in [0.25, 0.3) is 0 Å². The zero-order valence-corrected chi connectivity index (χ0v) is 17.5. The molecular weight excluding hydrogens is 382 g/mol. The smallest absolute Gasteiger partial charge is 0.407 e.